The van der Waals surface area contributed by atoms with Crippen LogP contribution in [0.15, 0.2) is 18.2 Å². The van der Waals surface area contributed by atoms with E-state index in [1.165, 1.54) is 37.7 Å². The summed E-state index contributed by atoms with van der Waals surface area (Å²) >= 11 is 0. The fourth-order valence-corrected chi connectivity index (χ4v) is 6.58. The first-order chi connectivity index (χ1) is 10.6. The Labute approximate surface area is 132 Å². The molecule has 1 aromatic rings. The highest BCUT2D eigenvalue weighted by atomic mass is 16.5. The van der Waals surface area contributed by atoms with Gasteiger partial charge in [-0.25, -0.2) is 0 Å². The van der Waals surface area contributed by atoms with Crippen molar-refractivity contribution >= 4 is 0 Å². The molecule has 1 unspecified atom stereocenters. The maximum Gasteiger partial charge on any atom is 0.119 e. The van der Waals surface area contributed by atoms with Gasteiger partial charge in [-0.05, 0) is 90.9 Å². The lowest BCUT2D eigenvalue weighted by molar-refractivity contribution is -0.0581. The van der Waals surface area contributed by atoms with Gasteiger partial charge in [0.15, 0.2) is 0 Å². The molecule has 0 heterocycles. The summed E-state index contributed by atoms with van der Waals surface area (Å²) in [6.45, 7) is 2.39. The van der Waals surface area contributed by atoms with Crippen molar-refractivity contribution in [2.75, 3.05) is 7.11 Å². The average Bonchev–Trinajstić information content (AvgIpc) is 3.15. The minimum Gasteiger partial charge on any atom is -0.497 e. The van der Waals surface area contributed by atoms with Crippen molar-refractivity contribution in [2.24, 2.45) is 23.2 Å². The van der Waals surface area contributed by atoms with Crippen LogP contribution in [0.5, 0.6) is 5.75 Å². The number of methoxy groups -OCH3 is 1. The summed E-state index contributed by atoms with van der Waals surface area (Å²) in [6, 6.07) is 6.70. The maximum atomic E-state index is 11.0. The van der Waals surface area contributed by atoms with Crippen LogP contribution in [0.2, 0.25) is 0 Å². The number of benzene rings is 1. The molecule has 0 aromatic heterocycles. The molecule has 4 aliphatic rings. The molecular weight excluding hydrogens is 272 g/mol. The predicted molar refractivity (Wildman–Crippen MR) is 86.1 cm³/mol. The minimum atomic E-state index is -0.303. The van der Waals surface area contributed by atoms with Crippen molar-refractivity contribution < 1.29 is 9.84 Å². The van der Waals surface area contributed by atoms with Crippen molar-refractivity contribution in [1.29, 1.82) is 0 Å². The summed E-state index contributed by atoms with van der Waals surface area (Å²) in [4.78, 5) is 0. The zero-order valence-corrected chi connectivity index (χ0v) is 13.6. The molecule has 0 aliphatic heterocycles. The molecule has 4 aliphatic carbocycles. The summed E-state index contributed by atoms with van der Waals surface area (Å²) < 4.78 is 5.40. The van der Waals surface area contributed by atoms with Gasteiger partial charge in [0.2, 0.25) is 0 Å². The lowest BCUT2D eigenvalue weighted by Gasteiger charge is -2.51. The predicted octanol–water partition coefficient (Wildman–Crippen LogP) is 3.91. The standard InChI is InChI=1S/C20H26O2/c1-19-8-7-16-15-6-4-14(22-2)9-12(15)3-5-17(16)18(19)10-13-11-20(13,19)21/h4,6,9,13,16-18,21H,3,5,7-8,10-11H2,1-2H3/t13-,16+,17+,18-,19-,20?/m0/s1. The molecule has 1 aromatic carbocycles. The molecule has 0 saturated heterocycles. The van der Waals surface area contributed by atoms with Crippen LogP contribution in [-0.4, -0.2) is 17.8 Å². The molecule has 0 spiro atoms. The Morgan fingerprint density at radius 3 is 2.95 bits per heavy atom. The van der Waals surface area contributed by atoms with Crippen LogP contribution < -0.4 is 4.74 Å². The SMILES string of the molecule is COc1ccc2c(c1)CC[C@@H]1[C@@H]2CC[C@@]2(C)[C@H]1C[C@H]1CC12O. The number of ether oxygens (including phenoxy) is 1. The third-order valence-corrected chi connectivity index (χ3v) is 7.92. The lowest BCUT2D eigenvalue weighted by Crippen LogP contribution is -2.46. The molecule has 2 heteroatoms. The van der Waals surface area contributed by atoms with E-state index in [0.717, 1.165) is 24.0 Å². The summed E-state index contributed by atoms with van der Waals surface area (Å²) in [5, 5.41) is 11.0. The van der Waals surface area contributed by atoms with Gasteiger partial charge >= 0.3 is 0 Å². The summed E-state index contributed by atoms with van der Waals surface area (Å²) in [5.41, 5.74) is 2.98. The zero-order valence-electron chi connectivity index (χ0n) is 13.6. The molecular formula is C20H26O2. The summed E-state index contributed by atoms with van der Waals surface area (Å²) in [5.74, 6) is 3.85. The number of aliphatic hydroxyl groups is 1. The molecule has 1 N–H and O–H groups in total. The van der Waals surface area contributed by atoms with Gasteiger partial charge in [-0.1, -0.05) is 13.0 Å². The first-order valence-corrected chi connectivity index (χ1v) is 8.96. The van der Waals surface area contributed by atoms with Crippen LogP contribution in [-0.2, 0) is 6.42 Å². The Bertz CT molecular complexity index is 639. The Morgan fingerprint density at radius 2 is 2.14 bits per heavy atom. The second-order valence-electron chi connectivity index (χ2n) is 8.50. The van der Waals surface area contributed by atoms with Crippen molar-refractivity contribution in [3.8, 4) is 5.75 Å². The van der Waals surface area contributed by atoms with Crippen molar-refractivity contribution in [3.63, 3.8) is 0 Å². The van der Waals surface area contributed by atoms with Crippen LogP contribution in [0.3, 0.4) is 0 Å². The Kier molecular flexibility index (Phi) is 2.49. The molecule has 118 valence electrons. The molecule has 0 radical (unpaired) electrons. The van der Waals surface area contributed by atoms with E-state index in [0.29, 0.717) is 11.8 Å². The molecule has 5 rings (SSSR count). The first-order valence-electron chi connectivity index (χ1n) is 8.96. The van der Waals surface area contributed by atoms with E-state index in [2.05, 4.69) is 25.1 Å². The molecule has 0 amide bonds. The topological polar surface area (TPSA) is 29.5 Å². The van der Waals surface area contributed by atoms with Crippen LogP contribution >= 0.6 is 0 Å². The van der Waals surface area contributed by atoms with Gasteiger partial charge in [0.05, 0.1) is 12.7 Å². The number of hydrogen-bond donors (Lipinski definition) is 1. The lowest BCUT2D eigenvalue weighted by atomic mass is 9.54. The fraction of sp³-hybridized carbons (Fsp3) is 0.700. The molecule has 0 bridgehead atoms. The van der Waals surface area contributed by atoms with Crippen LogP contribution in [0.1, 0.15) is 56.1 Å². The van der Waals surface area contributed by atoms with Gasteiger partial charge in [0.25, 0.3) is 0 Å². The maximum absolute atomic E-state index is 11.0. The van der Waals surface area contributed by atoms with Crippen molar-refractivity contribution in [3.05, 3.63) is 29.3 Å². The first kappa shape index (κ1) is 13.4. The molecule has 3 fully saturated rings. The molecule has 3 saturated carbocycles. The number of hydrogen-bond acceptors (Lipinski definition) is 2. The third-order valence-electron chi connectivity index (χ3n) is 7.92. The normalized spacial score (nSPS) is 48.0. The van der Waals surface area contributed by atoms with E-state index >= 15 is 0 Å². The Morgan fingerprint density at radius 1 is 1.27 bits per heavy atom. The molecule has 6 atom stereocenters. The third kappa shape index (κ3) is 1.45. The van der Waals surface area contributed by atoms with Crippen LogP contribution in [0, 0.1) is 23.2 Å². The van der Waals surface area contributed by atoms with E-state index < -0.39 is 0 Å². The average molecular weight is 298 g/mol. The Balaban J connectivity index is 1.51. The number of aryl methyl sites for hydroxylation is 1. The molecule has 22 heavy (non-hydrogen) atoms. The van der Waals surface area contributed by atoms with E-state index in [9.17, 15) is 5.11 Å². The molecule has 2 nitrogen and oxygen atoms in total. The second-order valence-corrected chi connectivity index (χ2v) is 8.50. The van der Waals surface area contributed by atoms with E-state index in [4.69, 9.17) is 4.74 Å². The fourth-order valence-electron chi connectivity index (χ4n) is 6.58. The van der Waals surface area contributed by atoms with Gasteiger partial charge < -0.3 is 9.84 Å². The van der Waals surface area contributed by atoms with Crippen LogP contribution in [0.25, 0.3) is 0 Å². The second kappa shape index (κ2) is 4.08. The van der Waals surface area contributed by atoms with Gasteiger partial charge in [0.1, 0.15) is 5.75 Å². The number of rotatable bonds is 1. The zero-order chi connectivity index (χ0) is 15.1. The highest BCUT2D eigenvalue weighted by Gasteiger charge is 2.73. The quantitative estimate of drug-likeness (QED) is 0.851. The monoisotopic (exact) mass is 298 g/mol. The Hall–Kier alpha value is -1.02. The summed E-state index contributed by atoms with van der Waals surface area (Å²) in [6.07, 6.45) is 7.30. The number of fused-ring (bicyclic) bond motifs is 7. The highest BCUT2D eigenvalue weighted by Crippen LogP contribution is 2.74. The van der Waals surface area contributed by atoms with Crippen LogP contribution in [0.4, 0.5) is 0 Å². The smallest absolute Gasteiger partial charge is 0.119 e. The summed E-state index contributed by atoms with van der Waals surface area (Å²) in [7, 11) is 1.75. The van der Waals surface area contributed by atoms with Gasteiger partial charge in [-0.2, -0.15) is 0 Å². The minimum absolute atomic E-state index is 0.197. The van der Waals surface area contributed by atoms with E-state index in [1.807, 2.05) is 0 Å². The largest absolute Gasteiger partial charge is 0.497 e. The van der Waals surface area contributed by atoms with E-state index in [-0.39, 0.29) is 11.0 Å². The highest BCUT2D eigenvalue weighted by molar-refractivity contribution is 5.41. The van der Waals surface area contributed by atoms with E-state index in [1.54, 1.807) is 12.7 Å². The van der Waals surface area contributed by atoms with Gasteiger partial charge in [0, 0.05) is 0 Å². The van der Waals surface area contributed by atoms with Crippen molar-refractivity contribution in [1.82, 2.24) is 0 Å². The van der Waals surface area contributed by atoms with Crippen molar-refractivity contribution in [2.45, 2.75) is 57.0 Å². The van der Waals surface area contributed by atoms with Gasteiger partial charge in [-0.3, -0.25) is 0 Å². The van der Waals surface area contributed by atoms with Gasteiger partial charge in [-0.15, -0.1) is 0 Å².